The third-order valence-electron chi connectivity index (χ3n) is 7.13. The molecule has 2 aromatic heterocycles. The Morgan fingerprint density at radius 1 is 1.38 bits per heavy atom. The van der Waals surface area contributed by atoms with E-state index in [2.05, 4.69) is 41.6 Å². The fourth-order valence-electron chi connectivity index (χ4n) is 4.63. The number of piperidine rings is 1. The van der Waals surface area contributed by atoms with Gasteiger partial charge in [0.2, 0.25) is 0 Å². The summed E-state index contributed by atoms with van der Waals surface area (Å²) in [5.74, 6) is 0.625. The maximum atomic E-state index is 15.1. The first-order valence-corrected chi connectivity index (χ1v) is 13.4. The lowest BCUT2D eigenvalue weighted by Crippen LogP contribution is -2.48. The highest BCUT2D eigenvalue weighted by atomic mass is 19.1. The first kappa shape index (κ1) is 28.7. The Bertz CT molecular complexity index is 1430. The number of benzene rings is 1. The van der Waals surface area contributed by atoms with Crippen LogP contribution >= 0.6 is 0 Å². The first-order chi connectivity index (χ1) is 19.3. The molecule has 8 nitrogen and oxygen atoms in total. The quantitative estimate of drug-likeness (QED) is 0.299. The maximum Gasteiger partial charge on any atom is 0.149 e. The van der Waals surface area contributed by atoms with Crippen LogP contribution in [0.15, 0.2) is 54.4 Å². The first-order valence-electron chi connectivity index (χ1n) is 13.4. The van der Waals surface area contributed by atoms with Gasteiger partial charge in [0.15, 0.2) is 0 Å². The Morgan fingerprint density at radius 3 is 2.92 bits per heavy atom. The van der Waals surface area contributed by atoms with Crippen LogP contribution in [0.2, 0.25) is 0 Å². The number of halogens is 2. The van der Waals surface area contributed by atoms with Crippen LogP contribution in [0.5, 0.6) is 5.75 Å². The van der Waals surface area contributed by atoms with Gasteiger partial charge in [-0.3, -0.25) is 9.58 Å². The molecule has 3 heterocycles. The van der Waals surface area contributed by atoms with Gasteiger partial charge in [0.1, 0.15) is 29.7 Å². The SMILES string of the molecule is C=C(c1cnn(C(CC#N)CN2CCC(Oc3cc(F)cc(C#N)c3)C(F)C2)c1)c1cc[nH]c1N=CC(C)CC. The molecule has 1 N–H and O–H groups in total. The summed E-state index contributed by atoms with van der Waals surface area (Å²) in [6.45, 7) is 9.55. The Hall–Kier alpha value is -4.28. The number of rotatable bonds is 11. The van der Waals surface area contributed by atoms with Crippen LogP contribution in [0.1, 0.15) is 55.8 Å². The molecule has 0 bridgehead atoms. The highest BCUT2D eigenvalue weighted by Gasteiger charge is 2.32. The Balaban J connectivity index is 1.40. The van der Waals surface area contributed by atoms with E-state index in [0.29, 0.717) is 25.4 Å². The van der Waals surface area contributed by atoms with E-state index in [1.807, 2.05) is 35.6 Å². The van der Waals surface area contributed by atoms with Gasteiger partial charge in [-0.15, -0.1) is 0 Å². The number of nitrogens with zero attached hydrogens (tertiary/aromatic N) is 6. The molecule has 10 heteroatoms. The van der Waals surface area contributed by atoms with E-state index in [-0.39, 0.29) is 30.3 Å². The minimum atomic E-state index is -1.32. The monoisotopic (exact) mass is 545 g/mol. The topological polar surface area (TPSA) is 106 Å². The van der Waals surface area contributed by atoms with Gasteiger partial charge in [-0.2, -0.15) is 15.6 Å². The van der Waals surface area contributed by atoms with E-state index < -0.39 is 18.1 Å². The van der Waals surface area contributed by atoms with Gasteiger partial charge in [0.25, 0.3) is 0 Å². The minimum absolute atomic E-state index is 0.106. The second-order valence-electron chi connectivity index (χ2n) is 10.1. The number of ether oxygens (including phenoxy) is 1. The van der Waals surface area contributed by atoms with Gasteiger partial charge in [0.05, 0.1) is 36.4 Å². The van der Waals surface area contributed by atoms with Crippen LogP contribution < -0.4 is 4.74 Å². The molecule has 1 aromatic carbocycles. The highest BCUT2D eigenvalue weighted by molar-refractivity contribution is 5.83. The van der Waals surface area contributed by atoms with Crippen molar-refractivity contribution in [2.24, 2.45) is 10.9 Å². The number of H-pyrrole nitrogens is 1. The van der Waals surface area contributed by atoms with Gasteiger partial charge in [0, 0.05) is 55.4 Å². The number of alkyl halides is 1. The van der Waals surface area contributed by atoms with Crippen molar-refractivity contribution >= 4 is 17.6 Å². The second kappa shape index (κ2) is 13.2. The highest BCUT2D eigenvalue weighted by Crippen LogP contribution is 2.30. The Labute approximate surface area is 233 Å². The van der Waals surface area contributed by atoms with Crippen LogP contribution in [-0.4, -0.2) is 57.8 Å². The average Bonchev–Trinajstić information content (AvgIpc) is 3.62. The lowest BCUT2D eigenvalue weighted by molar-refractivity contribution is 0.0167. The summed E-state index contributed by atoms with van der Waals surface area (Å²) in [6.07, 6.45) is 6.83. The van der Waals surface area contributed by atoms with Gasteiger partial charge in [-0.1, -0.05) is 20.4 Å². The van der Waals surface area contributed by atoms with E-state index in [4.69, 9.17) is 10.00 Å². The van der Waals surface area contributed by atoms with E-state index in [1.165, 1.54) is 6.07 Å². The minimum Gasteiger partial charge on any atom is -0.487 e. The number of hydrogen-bond donors (Lipinski definition) is 1. The van der Waals surface area contributed by atoms with Crippen molar-refractivity contribution < 1.29 is 13.5 Å². The number of aromatic nitrogens is 3. The molecule has 3 aromatic rings. The predicted molar refractivity (Wildman–Crippen MR) is 150 cm³/mol. The molecule has 0 aliphatic carbocycles. The van der Waals surface area contributed by atoms with Gasteiger partial charge >= 0.3 is 0 Å². The van der Waals surface area contributed by atoms with Crippen LogP contribution in [-0.2, 0) is 0 Å². The molecule has 208 valence electrons. The zero-order valence-electron chi connectivity index (χ0n) is 22.7. The molecular formula is C30H33F2N7O. The summed E-state index contributed by atoms with van der Waals surface area (Å²) in [7, 11) is 0. The standard InChI is InChI=1S/C30H33F2N7O/c1-4-20(2)15-36-30-27(6-9-35-30)21(3)23-16-37-39(17-23)25(5-8-33)18-38-10-7-29(28(32)19-38)40-26-12-22(14-34)11-24(31)13-26/h6,9,11-13,15-17,20,25,28-29,35H,3-5,7,10,18-19H2,1-2H3. The predicted octanol–water partition coefficient (Wildman–Crippen LogP) is 5.98. The normalized spacial score (nSPS) is 19.1. The molecule has 1 fully saturated rings. The lowest BCUT2D eigenvalue weighted by Gasteiger charge is -2.36. The van der Waals surface area contributed by atoms with Gasteiger partial charge in [-0.05, 0) is 42.5 Å². The molecular weight excluding hydrogens is 512 g/mol. The van der Waals surface area contributed by atoms with Crippen molar-refractivity contribution in [2.75, 3.05) is 19.6 Å². The van der Waals surface area contributed by atoms with Gasteiger partial charge in [-0.25, -0.2) is 13.8 Å². The van der Waals surface area contributed by atoms with E-state index in [1.54, 1.807) is 10.9 Å². The summed E-state index contributed by atoms with van der Waals surface area (Å²) in [5.41, 5.74) is 2.57. The largest absolute Gasteiger partial charge is 0.487 e. The zero-order valence-corrected chi connectivity index (χ0v) is 22.7. The lowest BCUT2D eigenvalue weighted by atomic mass is 10.0. The summed E-state index contributed by atoms with van der Waals surface area (Å²) in [5, 5.41) is 23.0. The second-order valence-corrected chi connectivity index (χ2v) is 10.1. The molecule has 0 radical (unpaired) electrons. The van der Waals surface area contributed by atoms with Crippen LogP contribution in [0.25, 0.3) is 5.57 Å². The molecule has 1 aliphatic heterocycles. The zero-order chi connectivity index (χ0) is 28.6. The molecule has 0 amide bonds. The van der Waals surface area contributed by atoms with Crippen molar-refractivity contribution in [2.45, 2.75) is 51.4 Å². The fourth-order valence-corrected chi connectivity index (χ4v) is 4.63. The number of aromatic amines is 1. The molecule has 1 aliphatic rings. The van der Waals surface area contributed by atoms with Crippen molar-refractivity contribution in [3.63, 3.8) is 0 Å². The molecule has 0 spiro atoms. The van der Waals surface area contributed by atoms with E-state index >= 15 is 4.39 Å². The Morgan fingerprint density at radius 2 is 2.20 bits per heavy atom. The number of hydrogen-bond acceptors (Lipinski definition) is 6. The third-order valence-corrected chi connectivity index (χ3v) is 7.13. The number of nitrogens with one attached hydrogen (secondary N) is 1. The third kappa shape index (κ3) is 7.02. The number of nitriles is 2. The molecule has 40 heavy (non-hydrogen) atoms. The van der Waals surface area contributed by atoms with Crippen molar-refractivity contribution in [1.82, 2.24) is 19.7 Å². The van der Waals surface area contributed by atoms with Crippen molar-refractivity contribution in [3.05, 3.63) is 71.9 Å². The molecule has 0 saturated carbocycles. The Kier molecular flexibility index (Phi) is 9.47. The van der Waals surface area contributed by atoms with E-state index in [9.17, 15) is 9.65 Å². The molecule has 4 atom stereocenters. The smallest absolute Gasteiger partial charge is 0.149 e. The summed E-state index contributed by atoms with van der Waals surface area (Å²) >= 11 is 0. The van der Waals surface area contributed by atoms with Crippen LogP contribution in [0.4, 0.5) is 14.6 Å². The number of likely N-dealkylation sites (tertiary alicyclic amines) is 1. The van der Waals surface area contributed by atoms with Crippen molar-refractivity contribution in [1.29, 1.82) is 10.5 Å². The molecule has 4 unspecified atom stereocenters. The summed E-state index contributed by atoms with van der Waals surface area (Å²) in [6, 6.07) is 9.39. The molecule has 4 rings (SSSR count). The average molecular weight is 546 g/mol. The summed E-state index contributed by atoms with van der Waals surface area (Å²) in [4.78, 5) is 9.69. The van der Waals surface area contributed by atoms with Crippen molar-refractivity contribution in [3.8, 4) is 17.9 Å². The van der Waals surface area contributed by atoms with Gasteiger partial charge < -0.3 is 9.72 Å². The van der Waals surface area contributed by atoms with Crippen LogP contribution in [0, 0.1) is 34.4 Å². The maximum absolute atomic E-state index is 15.1. The summed E-state index contributed by atoms with van der Waals surface area (Å²) < 4.78 is 36.3. The van der Waals surface area contributed by atoms with E-state index in [0.717, 1.165) is 41.1 Å². The molecule has 1 saturated heterocycles. The number of aliphatic imine (C=N–C) groups is 1. The fraction of sp³-hybridized carbons (Fsp3) is 0.400. The van der Waals surface area contributed by atoms with Crippen LogP contribution in [0.3, 0.4) is 0 Å².